The number of rotatable bonds is 6. The molecule has 0 fully saturated rings. The van der Waals surface area contributed by atoms with Gasteiger partial charge in [-0.3, -0.25) is 0 Å². The van der Waals surface area contributed by atoms with Gasteiger partial charge in [0, 0.05) is 11.8 Å². The monoisotopic (exact) mass is 404 g/mol. The molecule has 0 saturated carbocycles. The summed E-state index contributed by atoms with van der Waals surface area (Å²) in [6, 6.07) is 3.61. The number of alkyl halides is 4. The summed E-state index contributed by atoms with van der Waals surface area (Å²) in [5, 5.41) is 0.649. The summed E-state index contributed by atoms with van der Waals surface area (Å²) in [6.07, 6.45) is -5.09. The van der Waals surface area contributed by atoms with E-state index in [0.717, 1.165) is 5.56 Å². The number of ether oxygens (including phenoxy) is 2. The predicted octanol–water partition coefficient (Wildman–Crippen LogP) is 5.07. The van der Waals surface area contributed by atoms with Crippen LogP contribution in [0.15, 0.2) is 16.6 Å². The van der Waals surface area contributed by atoms with Crippen LogP contribution in [-0.4, -0.2) is 19.9 Å². The van der Waals surface area contributed by atoms with Gasteiger partial charge >= 0.3 is 6.18 Å². The van der Waals surface area contributed by atoms with E-state index in [1.807, 2.05) is 6.07 Å². The van der Waals surface area contributed by atoms with Crippen LogP contribution in [0.5, 0.6) is 11.5 Å². The molecule has 0 amide bonds. The molecule has 0 aromatic heterocycles. The average Bonchev–Trinajstić information content (AvgIpc) is 2.34. The average molecular weight is 406 g/mol. The Morgan fingerprint density at radius 1 is 1.26 bits per heavy atom. The van der Waals surface area contributed by atoms with Crippen LogP contribution in [0, 0.1) is 0 Å². The molecular weight excluding hydrogens is 393 g/mol. The van der Waals surface area contributed by atoms with E-state index < -0.39 is 12.6 Å². The molecular formula is C12H13Br2F3O2. The van der Waals surface area contributed by atoms with Crippen molar-refractivity contribution >= 4 is 31.9 Å². The van der Waals surface area contributed by atoms with Gasteiger partial charge in [-0.15, -0.1) is 0 Å². The summed E-state index contributed by atoms with van der Waals surface area (Å²) < 4.78 is 47.2. The highest BCUT2D eigenvalue weighted by Gasteiger charge is 2.26. The second-order valence-electron chi connectivity index (χ2n) is 3.81. The molecule has 0 bridgehead atoms. The molecule has 0 heterocycles. The van der Waals surface area contributed by atoms with Crippen molar-refractivity contribution in [2.45, 2.75) is 24.3 Å². The minimum Gasteiger partial charge on any atom is -0.493 e. The van der Waals surface area contributed by atoms with Crippen molar-refractivity contribution in [3.8, 4) is 11.5 Å². The Morgan fingerprint density at radius 2 is 1.95 bits per heavy atom. The summed E-state index contributed by atoms with van der Waals surface area (Å²) in [6.45, 7) is -0.0118. The summed E-state index contributed by atoms with van der Waals surface area (Å²) in [5.74, 6) is 0.921. The first kappa shape index (κ1) is 16.6. The van der Waals surface area contributed by atoms with E-state index in [0.29, 0.717) is 21.3 Å². The molecule has 0 N–H and O–H groups in total. The zero-order chi connectivity index (χ0) is 14.5. The molecule has 0 aliphatic heterocycles. The highest BCUT2D eigenvalue weighted by Crippen LogP contribution is 2.37. The molecule has 0 aliphatic rings. The number of hydrogen-bond acceptors (Lipinski definition) is 2. The minimum atomic E-state index is -4.15. The van der Waals surface area contributed by atoms with Crippen molar-refractivity contribution in [3.63, 3.8) is 0 Å². The normalized spacial score (nSPS) is 11.5. The van der Waals surface area contributed by atoms with Gasteiger partial charge in [0.25, 0.3) is 0 Å². The third kappa shape index (κ3) is 5.60. The van der Waals surface area contributed by atoms with Gasteiger partial charge in [-0.25, -0.2) is 0 Å². The van der Waals surface area contributed by atoms with Gasteiger partial charge in [0.15, 0.2) is 11.5 Å². The van der Waals surface area contributed by atoms with Crippen LogP contribution in [0.4, 0.5) is 13.2 Å². The molecule has 0 spiro atoms. The molecule has 7 heteroatoms. The zero-order valence-electron chi connectivity index (χ0n) is 10.2. The van der Waals surface area contributed by atoms with Gasteiger partial charge in [-0.1, -0.05) is 15.9 Å². The fraction of sp³-hybridized carbons (Fsp3) is 0.500. The first-order valence-electron chi connectivity index (χ1n) is 5.49. The maximum Gasteiger partial charge on any atom is 0.389 e. The number of halogens is 5. The van der Waals surface area contributed by atoms with Crippen molar-refractivity contribution < 1.29 is 22.6 Å². The smallest absolute Gasteiger partial charge is 0.389 e. The second kappa shape index (κ2) is 7.38. The Balaban J connectivity index is 2.67. The molecule has 2 nitrogen and oxygen atoms in total. The maximum absolute atomic E-state index is 12.0. The summed E-state index contributed by atoms with van der Waals surface area (Å²) in [5.41, 5.74) is 0.978. The maximum atomic E-state index is 12.0. The van der Waals surface area contributed by atoms with Crippen molar-refractivity contribution in [3.05, 3.63) is 22.2 Å². The molecule has 108 valence electrons. The van der Waals surface area contributed by atoms with E-state index in [1.54, 1.807) is 6.07 Å². The topological polar surface area (TPSA) is 18.5 Å². The fourth-order valence-corrected chi connectivity index (χ4v) is 2.36. The lowest BCUT2D eigenvalue weighted by Gasteiger charge is -2.14. The van der Waals surface area contributed by atoms with Gasteiger partial charge in [-0.2, -0.15) is 13.2 Å². The Kier molecular flexibility index (Phi) is 6.46. The largest absolute Gasteiger partial charge is 0.493 e. The zero-order valence-corrected chi connectivity index (χ0v) is 13.4. The number of methoxy groups -OCH3 is 1. The van der Waals surface area contributed by atoms with Crippen LogP contribution in [-0.2, 0) is 5.33 Å². The lowest BCUT2D eigenvalue weighted by molar-refractivity contribution is -0.136. The van der Waals surface area contributed by atoms with Crippen molar-refractivity contribution in [2.24, 2.45) is 0 Å². The van der Waals surface area contributed by atoms with Crippen LogP contribution < -0.4 is 9.47 Å². The molecule has 1 aromatic rings. The van der Waals surface area contributed by atoms with E-state index in [1.165, 1.54) is 7.11 Å². The summed E-state index contributed by atoms with van der Waals surface area (Å²) >= 11 is 6.65. The van der Waals surface area contributed by atoms with Gasteiger partial charge in [0.1, 0.15) is 0 Å². The van der Waals surface area contributed by atoms with Crippen molar-refractivity contribution in [1.29, 1.82) is 0 Å². The quantitative estimate of drug-likeness (QED) is 0.485. The molecule has 0 aliphatic carbocycles. The second-order valence-corrected chi connectivity index (χ2v) is 5.22. The van der Waals surface area contributed by atoms with Gasteiger partial charge in [0.2, 0.25) is 0 Å². The first-order valence-corrected chi connectivity index (χ1v) is 7.40. The molecule has 19 heavy (non-hydrogen) atoms. The summed E-state index contributed by atoms with van der Waals surface area (Å²) in [7, 11) is 1.49. The number of benzene rings is 1. The lowest BCUT2D eigenvalue weighted by Crippen LogP contribution is -2.10. The molecule has 1 rings (SSSR count). The Morgan fingerprint density at radius 3 is 2.47 bits per heavy atom. The highest BCUT2D eigenvalue weighted by molar-refractivity contribution is 9.10. The minimum absolute atomic E-state index is 0.0118. The third-order valence-electron chi connectivity index (χ3n) is 2.29. The van der Waals surface area contributed by atoms with Gasteiger partial charge in [0.05, 0.1) is 18.2 Å². The van der Waals surface area contributed by atoms with Crippen LogP contribution in [0.25, 0.3) is 0 Å². The SMILES string of the molecule is COc1cc(CBr)cc(Br)c1OCCCC(F)(F)F. The van der Waals surface area contributed by atoms with E-state index >= 15 is 0 Å². The standard InChI is InChI=1S/C12H13Br2F3O2/c1-18-10-6-8(7-13)5-9(14)11(10)19-4-2-3-12(15,16)17/h5-6H,2-4,7H2,1H3. The van der Waals surface area contributed by atoms with Gasteiger partial charge in [-0.05, 0) is 40.0 Å². The van der Waals surface area contributed by atoms with Crippen LogP contribution in [0.1, 0.15) is 18.4 Å². The van der Waals surface area contributed by atoms with Gasteiger partial charge < -0.3 is 9.47 Å². The van der Waals surface area contributed by atoms with Crippen LogP contribution >= 0.6 is 31.9 Å². The predicted molar refractivity (Wildman–Crippen MR) is 74.1 cm³/mol. The fourth-order valence-electron chi connectivity index (χ4n) is 1.44. The molecule has 0 radical (unpaired) electrons. The molecule has 0 saturated heterocycles. The van der Waals surface area contributed by atoms with Crippen LogP contribution in [0.3, 0.4) is 0 Å². The van der Waals surface area contributed by atoms with E-state index in [-0.39, 0.29) is 13.0 Å². The van der Waals surface area contributed by atoms with E-state index in [4.69, 9.17) is 9.47 Å². The van der Waals surface area contributed by atoms with Crippen molar-refractivity contribution in [2.75, 3.05) is 13.7 Å². The number of hydrogen-bond donors (Lipinski definition) is 0. The molecule has 0 atom stereocenters. The summed E-state index contributed by atoms with van der Waals surface area (Å²) in [4.78, 5) is 0. The van der Waals surface area contributed by atoms with E-state index in [9.17, 15) is 13.2 Å². The molecule has 0 unspecified atom stereocenters. The highest BCUT2D eigenvalue weighted by atomic mass is 79.9. The first-order chi connectivity index (χ1) is 8.87. The Bertz CT molecular complexity index is 422. The van der Waals surface area contributed by atoms with Crippen molar-refractivity contribution in [1.82, 2.24) is 0 Å². The van der Waals surface area contributed by atoms with Crippen LogP contribution in [0.2, 0.25) is 0 Å². The molecule has 1 aromatic carbocycles. The lowest BCUT2D eigenvalue weighted by atomic mass is 10.2. The van der Waals surface area contributed by atoms with E-state index in [2.05, 4.69) is 31.9 Å². The third-order valence-corrected chi connectivity index (χ3v) is 3.53. The Labute approximate surface area is 126 Å². The Hall–Kier alpha value is -0.430.